The first-order valence-corrected chi connectivity index (χ1v) is 29.9. The molecule has 0 saturated heterocycles. The third kappa shape index (κ3) is 6.36. The fraction of sp³-hybridized carbons (Fsp3) is 0.171. The van der Waals surface area contributed by atoms with Crippen molar-refractivity contribution in [2.24, 2.45) is 0 Å². The number of hydrogen-bond acceptors (Lipinski definition) is 3. The van der Waals surface area contributed by atoms with Gasteiger partial charge in [-0.3, -0.25) is 0 Å². The molecule has 3 aromatic heterocycles. The van der Waals surface area contributed by atoms with Crippen LogP contribution in [0.15, 0.2) is 103 Å². The molecule has 4 aromatic carbocycles. The zero-order valence-corrected chi connectivity index (χ0v) is 34.4. The molecule has 0 fully saturated rings. The molecule has 4 heterocycles. The Labute approximate surface area is 310 Å². The van der Waals surface area contributed by atoms with Crippen LogP contribution in [0.25, 0.3) is 53.8 Å². The first-order chi connectivity index (χ1) is 24.4. The molecule has 1 aliphatic rings. The Morgan fingerprint density at radius 1 is 0.723 bits per heavy atom. The molecule has 1 radical (unpaired) electrons. The number of aryl methyl sites for hydroxylation is 2. The Hall–Kier alpha value is -2.86. The zero-order valence-electron chi connectivity index (χ0n) is 33.0. The van der Waals surface area contributed by atoms with Crippen LogP contribution >= 0.6 is 11.3 Å². The second kappa shape index (κ2) is 13.2. The molecule has 2 nitrogen and oxygen atoms in total. The van der Waals surface area contributed by atoms with E-state index in [0.717, 1.165) is 26.7 Å². The molecule has 0 saturated carbocycles. The standard InChI is InChI=1S/C27H22GeNS.C14H16GeN.Ir/c1-16-12-25(29-15-17(16)2)20-10-7-9-19-22-13-21-18-8-5-6-11-23(18)28(3,4)24(21)14-26(22)30-27(19)20;1-15(2,3)13-9-10-14(16-11-13)12-7-5-4-6-8-12;/h5-9,11-15H,1-4H3;4-7,9-11H,1-3H3;/q2*-1;/i1D3,2D3;;. The molecular formula is C41H38Ge2IrN2S-2. The minimum atomic E-state index is -2.57. The van der Waals surface area contributed by atoms with E-state index < -0.39 is 40.2 Å². The van der Waals surface area contributed by atoms with Crippen molar-refractivity contribution in [1.29, 1.82) is 0 Å². The number of benzene rings is 4. The van der Waals surface area contributed by atoms with Crippen LogP contribution in [0.2, 0.25) is 28.8 Å². The third-order valence-electron chi connectivity index (χ3n) is 8.91. The van der Waals surface area contributed by atoms with Crippen LogP contribution in [0.3, 0.4) is 0 Å². The molecule has 6 heteroatoms. The zero-order chi connectivity index (χ0) is 37.2. The van der Waals surface area contributed by atoms with E-state index in [9.17, 15) is 0 Å². The number of thiophene rings is 1. The number of rotatable bonds is 3. The van der Waals surface area contributed by atoms with E-state index in [2.05, 4.69) is 99.4 Å². The van der Waals surface area contributed by atoms with Crippen molar-refractivity contribution in [3.8, 4) is 33.6 Å². The fourth-order valence-corrected chi connectivity index (χ4v) is 16.3. The maximum absolute atomic E-state index is 7.93. The van der Waals surface area contributed by atoms with Gasteiger partial charge in [0.05, 0.1) is 0 Å². The van der Waals surface area contributed by atoms with Gasteiger partial charge in [0.1, 0.15) is 0 Å². The summed E-state index contributed by atoms with van der Waals surface area (Å²) in [6, 6.07) is 37.4. The molecule has 0 unspecified atom stereocenters. The monoisotopic (exact) mass is 937 g/mol. The Bertz CT molecular complexity index is 2450. The van der Waals surface area contributed by atoms with Crippen LogP contribution in [0, 0.1) is 25.8 Å². The SMILES string of the molecule is [2H]C([2H])([2H])c1cnc(-c2[c-]ccc3c2sc2c[c]4c(cc23)-c2cccc[c]2[Ge]4([CH3])[CH3])cc1C([2H])([2H])[2H].[CH3][Ge]([CH3])([CH3])[c]1ccc(-c2[c-]cccc2)nc1.[Ir]. The molecule has 47 heavy (non-hydrogen) atoms. The van der Waals surface area contributed by atoms with Crippen molar-refractivity contribution in [3.05, 3.63) is 127 Å². The molecule has 0 bridgehead atoms. The summed E-state index contributed by atoms with van der Waals surface area (Å²) in [5.41, 5.74) is 5.42. The maximum atomic E-state index is 7.93. The average Bonchev–Trinajstić information content (AvgIpc) is 3.58. The third-order valence-corrected chi connectivity index (χ3v) is 21.8. The number of fused-ring (bicyclic) bond motifs is 6. The van der Waals surface area contributed by atoms with Crippen molar-refractivity contribution < 1.29 is 28.3 Å². The van der Waals surface area contributed by atoms with E-state index >= 15 is 0 Å². The topological polar surface area (TPSA) is 25.8 Å². The summed E-state index contributed by atoms with van der Waals surface area (Å²) in [7, 11) is 0. The quantitative estimate of drug-likeness (QED) is 0.131. The predicted molar refractivity (Wildman–Crippen MR) is 205 cm³/mol. The molecule has 0 N–H and O–H groups in total. The van der Waals surface area contributed by atoms with Gasteiger partial charge in [0.15, 0.2) is 0 Å². The van der Waals surface area contributed by atoms with Gasteiger partial charge in [-0.25, -0.2) is 0 Å². The molecule has 0 atom stereocenters. The fourth-order valence-electron chi connectivity index (χ4n) is 6.27. The van der Waals surface area contributed by atoms with Gasteiger partial charge in [0.2, 0.25) is 0 Å². The van der Waals surface area contributed by atoms with Gasteiger partial charge in [0, 0.05) is 20.1 Å². The summed E-state index contributed by atoms with van der Waals surface area (Å²) < 4.78 is 53.7. The van der Waals surface area contributed by atoms with Crippen LogP contribution in [0.4, 0.5) is 0 Å². The summed E-state index contributed by atoms with van der Waals surface area (Å²) in [4.78, 5) is 8.93. The van der Waals surface area contributed by atoms with Crippen molar-refractivity contribution in [2.45, 2.75) is 42.5 Å². The van der Waals surface area contributed by atoms with Crippen molar-refractivity contribution in [3.63, 3.8) is 0 Å². The minimum absolute atomic E-state index is 0. The van der Waals surface area contributed by atoms with Crippen LogP contribution < -0.4 is 13.2 Å². The minimum Gasteiger partial charge on any atom is 0 e. The van der Waals surface area contributed by atoms with Gasteiger partial charge in [-0.2, -0.15) is 0 Å². The Balaban J connectivity index is 0.000000238. The molecule has 237 valence electrons. The van der Waals surface area contributed by atoms with Crippen LogP contribution in [0.1, 0.15) is 19.4 Å². The van der Waals surface area contributed by atoms with Crippen LogP contribution in [-0.2, 0) is 20.1 Å². The van der Waals surface area contributed by atoms with Crippen molar-refractivity contribution in [2.75, 3.05) is 0 Å². The Morgan fingerprint density at radius 3 is 2.23 bits per heavy atom. The van der Waals surface area contributed by atoms with E-state index in [-0.39, 0.29) is 31.2 Å². The van der Waals surface area contributed by atoms with Gasteiger partial charge >= 0.3 is 292 Å². The second-order valence-electron chi connectivity index (χ2n) is 13.3. The number of aromatic nitrogens is 2. The van der Waals surface area contributed by atoms with E-state index in [1.807, 2.05) is 42.6 Å². The first kappa shape index (κ1) is 27.0. The number of hydrogen-bond donors (Lipinski definition) is 0. The summed E-state index contributed by atoms with van der Waals surface area (Å²) in [6.07, 6.45) is 3.22. The van der Waals surface area contributed by atoms with Crippen LogP contribution in [-0.4, -0.2) is 36.5 Å². The van der Waals surface area contributed by atoms with Gasteiger partial charge in [-0.05, 0) is 0 Å². The molecular weight excluding hydrogens is 890 g/mol. The average molecular weight is 934 g/mol. The molecule has 0 aliphatic carbocycles. The molecule has 0 amide bonds. The Kier molecular flexibility index (Phi) is 7.59. The Morgan fingerprint density at radius 2 is 1.51 bits per heavy atom. The second-order valence-corrected chi connectivity index (χ2v) is 34.1. The molecule has 1 aliphatic heterocycles. The first-order valence-electron chi connectivity index (χ1n) is 18.4. The van der Waals surface area contributed by atoms with E-state index in [0.29, 0.717) is 11.3 Å². The largest absolute Gasteiger partial charge is 0 e. The molecule has 8 rings (SSSR count). The smallest absolute Gasteiger partial charge is 0 e. The van der Waals surface area contributed by atoms with Gasteiger partial charge in [-0.1, -0.05) is 0 Å². The number of nitrogens with zero attached hydrogens (tertiary/aromatic N) is 2. The maximum Gasteiger partial charge on any atom is 0 e. The van der Waals surface area contributed by atoms with E-state index in [1.165, 1.54) is 41.3 Å². The van der Waals surface area contributed by atoms with Crippen LogP contribution in [0.5, 0.6) is 0 Å². The molecule has 0 spiro atoms. The van der Waals surface area contributed by atoms with Crippen molar-refractivity contribution in [1.82, 2.24) is 9.97 Å². The van der Waals surface area contributed by atoms with Gasteiger partial charge < -0.3 is 0 Å². The predicted octanol–water partition coefficient (Wildman–Crippen LogP) is 9.43. The summed E-state index contributed by atoms with van der Waals surface area (Å²) in [6.45, 7) is -5.13. The van der Waals surface area contributed by atoms with E-state index in [1.54, 1.807) is 11.3 Å². The van der Waals surface area contributed by atoms with Crippen molar-refractivity contribution >= 4 is 71.2 Å². The normalized spacial score (nSPS) is 15.4. The summed E-state index contributed by atoms with van der Waals surface area (Å²) >= 11 is -2.46. The van der Waals surface area contributed by atoms with Gasteiger partial charge in [-0.15, -0.1) is 0 Å². The van der Waals surface area contributed by atoms with E-state index in [4.69, 9.17) is 8.22 Å². The summed E-state index contributed by atoms with van der Waals surface area (Å²) in [5, 5.41) is 2.23. The molecule has 7 aromatic rings. The summed E-state index contributed by atoms with van der Waals surface area (Å²) in [5.74, 6) is 12.0. The number of pyridine rings is 2. The van der Waals surface area contributed by atoms with Gasteiger partial charge in [0.25, 0.3) is 0 Å².